The SMILES string of the molecule is Cc1ccc(C(=O)ON=C2CC[NH+](Cc3ccccc3)CC2)cc1. The van der Waals surface area contributed by atoms with E-state index in [1.807, 2.05) is 25.1 Å². The zero-order valence-electron chi connectivity index (χ0n) is 14.0. The lowest BCUT2D eigenvalue weighted by atomic mass is 10.1. The number of oxime groups is 1. The fourth-order valence-electron chi connectivity index (χ4n) is 2.89. The summed E-state index contributed by atoms with van der Waals surface area (Å²) < 4.78 is 0. The summed E-state index contributed by atoms with van der Waals surface area (Å²) in [5.41, 5.74) is 4.00. The second kappa shape index (κ2) is 7.88. The average molecular weight is 323 g/mol. The highest BCUT2D eigenvalue weighted by molar-refractivity contribution is 5.91. The molecule has 1 aliphatic rings. The number of hydrogen-bond acceptors (Lipinski definition) is 3. The first kappa shape index (κ1) is 16.4. The smallest absolute Gasteiger partial charge is 0.331 e. The molecule has 24 heavy (non-hydrogen) atoms. The summed E-state index contributed by atoms with van der Waals surface area (Å²) in [6.45, 7) is 5.07. The molecule has 1 saturated heterocycles. The normalized spacial score (nSPS) is 17.4. The van der Waals surface area contributed by atoms with Crippen LogP contribution < -0.4 is 4.90 Å². The molecule has 0 spiro atoms. The van der Waals surface area contributed by atoms with Crippen molar-refractivity contribution in [3.05, 3.63) is 71.3 Å². The van der Waals surface area contributed by atoms with Gasteiger partial charge in [-0.1, -0.05) is 53.2 Å². The van der Waals surface area contributed by atoms with Crippen molar-refractivity contribution in [2.24, 2.45) is 5.16 Å². The number of nitrogens with zero attached hydrogens (tertiary/aromatic N) is 1. The van der Waals surface area contributed by atoms with Crippen LogP contribution in [-0.4, -0.2) is 24.8 Å². The van der Waals surface area contributed by atoms with Crippen molar-refractivity contribution >= 4 is 11.7 Å². The molecule has 1 fully saturated rings. The predicted molar refractivity (Wildman–Crippen MR) is 94.1 cm³/mol. The zero-order valence-corrected chi connectivity index (χ0v) is 14.0. The Balaban J connectivity index is 1.48. The van der Waals surface area contributed by atoms with E-state index in [0.717, 1.165) is 43.8 Å². The summed E-state index contributed by atoms with van der Waals surface area (Å²) in [7, 11) is 0. The molecule has 0 aromatic heterocycles. The van der Waals surface area contributed by atoms with Crippen molar-refractivity contribution in [2.75, 3.05) is 13.1 Å². The quantitative estimate of drug-likeness (QED) is 0.693. The molecule has 0 saturated carbocycles. The lowest BCUT2D eigenvalue weighted by Crippen LogP contribution is -3.11. The zero-order chi connectivity index (χ0) is 16.8. The number of aryl methyl sites for hydroxylation is 1. The molecule has 4 nitrogen and oxygen atoms in total. The van der Waals surface area contributed by atoms with Crippen LogP contribution in [0, 0.1) is 6.92 Å². The number of hydrogen-bond donors (Lipinski definition) is 1. The van der Waals surface area contributed by atoms with Gasteiger partial charge in [0.05, 0.1) is 24.4 Å². The molecule has 0 unspecified atom stereocenters. The molecule has 0 bridgehead atoms. The number of carbonyl (C=O) groups excluding carboxylic acids is 1. The fraction of sp³-hybridized carbons (Fsp3) is 0.300. The van der Waals surface area contributed by atoms with Crippen molar-refractivity contribution in [1.82, 2.24) is 0 Å². The number of benzene rings is 2. The minimum atomic E-state index is -0.387. The van der Waals surface area contributed by atoms with Crippen molar-refractivity contribution in [3.63, 3.8) is 0 Å². The molecule has 1 aliphatic heterocycles. The number of piperidine rings is 1. The van der Waals surface area contributed by atoms with Crippen LogP contribution in [0.2, 0.25) is 0 Å². The van der Waals surface area contributed by atoms with Gasteiger partial charge in [-0.15, -0.1) is 0 Å². The summed E-state index contributed by atoms with van der Waals surface area (Å²) in [5.74, 6) is -0.387. The van der Waals surface area contributed by atoms with Gasteiger partial charge in [0, 0.05) is 18.4 Å². The van der Waals surface area contributed by atoms with Crippen molar-refractivity contribution in [3.8, 4) is 0 Å². The van der Waals surface area contributed by atoms with Gasteiger partial charge in [0.1, 0.15) is 6.54 Å². The third-order valence-corrected chi connectivity index (χ3v) is 4.38. The van der Waals surface area contributed by atoms with E-state index in [2.05, 4.69) is 29.4 Å². The van der Waals surface area contributed by atoms with Crippen LogP contribution in [0.25, 0.3) is 0 Å². The third-order valence-electron chi connectivity index (χ3n) is 4.38. The maximum absolute atomic E-state index is 12.0. The van der Waals surface area contributed by atoms with Gasteiger partial charge < -0.3 is 9.74 Å². The molecular weight excluding hydrogens is 300 g/mol. The largest absolute Gasteiger partial charge is 0.365 e. The van der Waals surface area contributed by atoms with Crippen LogP contribution in [0.1, 0.15) is 34.3 Å². The second-order valence-corrected chi connectivity index (χ2v) is 6.31. The number of carbonyl (C=O) groups is 1. The molecule has 3 rings (SSSR count). The minimum Gasteiger partial charge on any atom is -0.331 e. The Hall–Kier alpha value is -2.46. The van der Waals surface area contributed by atoms with Gasteiger partial charge in [-0.05, 0) is 19.1 Å². The molecule has 2 aromatic rings. The van der Waals surface area contributed by atoms with Gasteiger partial charge in [0.15, 0.2) is 0 Å². The van der Waals surface area contributed by atoms with E-state index >= 15 is 0 Å². The van der Waals surface area contributed by atoms with Crippen LogP contribution in [0.15, 0.2) is 59.8 Å². The molecule has 0 aliphatic carbocycles. The van der Waals surface area contributed by atoms with Gasteiger partial charge >= 0.3 is 5.97 Å². The Bertz CT molecular complexity index is 698. The van der Waals surface area contributed by atoms with Crippen LogP contribution in [0.3, 0.4) is 0 Å². The highest BCUT2D eigenvalue weighted by atomic mass is 16.7. The first-order valence-corrected chi connectivity index (χ1v) is 8.42. The van der Waals surface area contributed by atoms with Crippen LogP contribution >= 0.6 is 0 Å². The topological polar surface area (TPSA) is 43.1 Å². The Morgan fingerprint density at radius 3 is 2.38 bits per heavy atom. The molecule has 0 atom stereocenters. The van der Waals surface area contributed by atoms with E-state index in [0.29, 0.717) is 5.56 Å². The molecular formula is C20H23N2O2+. The standard InChI is InChI=1S/C20H22N2O2/c1-16-7-9-18(10-8-16)20(23)24-21-19-11-13-22(14-12-19)15-17-5-3-2-4-6-17/h2-10H,11-15H2,1H3/p+1. The number of nitrogens with one attached hydrogen (secondary N) is 1. The van der Waals surface area contributed by atoms with Gasteiger partial charge in [-0.3, -0.25) is 0 Å². The monoisotopic (exact) mass is 323 g/mol. The van der Waals surface area contributed by atoms with E-state index in [1.165, 1.54) is 5.56 Å². The molecule has 0 amide bonds. The van der Waals surface area contributed by atoms with Crippen LogP contribution in [-0.2, 0) is 11.4 Å². The van der Waals surface area contributed by atoms with Gasteiger partial charge in [-0.25, -0.2) is 4.79 Å². The molecule has 124 valence electrons. The van der Waals surface area contributed by atoms with Crippen LogP contribution in [0.5, 0.6) is 0 Å². The second-order valence-electron chi connectivity index (χ2n) is 6.31. The Morgan fingerprint density at radius 2 is 1.71 bits per heavy atom. The lowest BCUT2D eigenvalue weighted by molar-refractivity contribution is -0.914. The van der Waals surface area contributed by atoms with Crippen LogP contribution in [0.4, 0.5) is 0 Å². The maximum atomic E-state index is 12.0. The summed E-state index contributed by atoms with van der Waals surface area (Å²) >= 11 is 0. The average Bonchev–Trinajstić information content (AvgIpc) is 2.62. The number of quaternary nitrogens is 1. The van der Waals surface area contributed by atoms with Crippen molar-refractivity contribution in [1.29, 1.82) is 0 Å². The molecule has 1 N–H and O–H groups in total. The summed E-state index contributed by atoms with van der Waals surface area (Å²) in [6.07, 6.45) is 1.76. The molecule has 2 aromatic carbocycles. The van der Waals surface area contributed by atoms with Gasteiger partial charge in [-0.2, -0.15) is 0 Å². The van der Waals surface area contributed by atoms with Gasteiger partial charge in [0.25, 0.3) is 0 Å². The van der Waals surface area contributed by atoms with E-state index in [4.69, 9.17) is 4.84 Å². The highest BCUT2D eigenvalue weighted by Gasteiger charge is 2.19. The maximum Gasteiger partial charge on any atom is 0.365 e. The van der Waals surface area contributed by atoms with Gasteiger partial charge in [0.2, 0.25) is 0 Å². The van der Waals surface area contributed by atoms with E-state index in [1.54, 1.807) is 17.0 Å². The Kier molecular flexibility index (Phi) is 5.39. The predicted octanol–water partition coefficient (Wildman–Crippen LogP) is 2.39. The fourth-order valence-corrected chi connectivity index (χ4v) is 2.89. The number of rotatable bonds is 4. The molecule has 0 radical (unpaired) electrons. The Labute approximate surface area is 142 Å². The molecule has 1 heterocycles. The van der Waals surface area contributed by atoms with E-state index < -0.39 is 0 Å². The highest BCUT2D eigenvalue weighted by Crippen LogP contribution is 2.06. The summed E-state index contributed by atoms with van der Waals surface area (Å²) in [4.78, 5) is 18.6. The summed E-state index contributed by atoms with van der Waals surface area (Å²) in [5, 5.41) is 4.08. The first-order chi connectivity index (χ1) is 11.7. The van der Waals surface area contributed by atoms with Crippen molar-refractivity contribution in [2.45, 2.75) is 26.3 Å². The number of likely N-dealkylation sites (tertiary alicyclic amines) is 1. The van der Waals surface area contributed by atoms with Crippen molar-refractivity contribution < 1.29 is 14.5 Å². The Morgan fingerprint density at radius 1 is 1.04 bits per heavy atom. The lowest BCUT2D eigenvalue weighted by Gasteiger charge is -2.24. The third kappa shape index (κ3) is 4.52. The minimum absolute atomic E-state index is 0.387. The van der Waals surface area contributed by atoms with E-state index in [-0.39, 0.29) is 5.97 Å². The summed E-state index contributed by atoms with van der Waals surface area (Å²) in [6, 6.07) is 17.9. The first-order valence-electron chi connectivity index (χ1n) is 8.42. The molecule has 4 heteroatoms. The van der Waals surface area contributed by atoms with E-state index in [9.17, 15) is 4.79 Å².